The van der Waals surface area contributed by atoms with Crippen LogP contribution in [0.4, 0.5) is 16.3 Å². The van der Waals surface area contributed by atoms with Crippen molar-refractivity contribution in [2.24, 2.45) is 0 Å². The molecule has 0 saturated heterocycles. The summed E-state index contributed by atoms with van der Waals surface area (Å²) in [6.07, 6.45) is 0.880. The fourth-order valence-corrected chi connectivity index (χ4v) is 6.54. The number of hydrogen-bond acceptors (Lipinski definition) is 9. The van der Waals surface area contributed by atoms with E-state index in [9.17, 15) is 13.2 Å². The summed E-state index contributed by atoms with van der Waals surface area (Å²) in [5.41, 5.74) is 8.18. The zero-order valence-corrected chi connectivity index (χ0v) is 18.8. The van der Waals surface area contributed by atoms with E-state index in [1.165, 1.54) is 6.07 Å². The molecule has 1 saturated carbocycles. The van der Waals surface area contributed by atoms with Crippen molar-refractivity contribution in [1.29, 1.82) is 0 Å². The van der Waals surface area contributed by atoms with Crippen LogP contribution < -0.4 is 16.4 Å². The van der Waals surface area contributed by atoms with Crippen LogP contribution in [0.25, 0.3) is 11.4 Å². The summed E-state index contributed by atoms with van der Waals surface area (Å²) in [7, 11) is -3.71. The molecule has 3 aromatic rings. The number of amides is 2. The van der Waals surface area contributed by atoms with Crippen LogP contribution in [-0.4, -0.2) is 47.7 Å². The van der Waals surface area contributed by atoms with Gasteiger partial charge in [0.25, 0.3) is 0 Å². The minimum absolute atomic E-state index is 0.0844. The third kappa shape index (κ3) is 4.16. The Morgan fingerprint density at radius 2 is 1.94 bits per heavy atom. The molecule has 1 aliphatic carbocycles. The van der Waals surface area contributed by atoms with Gasteiger partial charge in [-0.1, -0.05) is 0 Å². The molecule has 2 heterocycles. The van der Waals surface area contributed by atoms with E-state index in [0.29, 0.717) is 41.3 Å². The predicted molar refractivity (Wildman–Crippen MR) is 121 cm³/mol. The first-order chi connectivity index (χ1) is 15.2. The second-order valence-electron chi connectivity index (χ2n) is 7.44. The molecule has 32 heavy (non-hydrogen) atoms. The smallest absolute Gasteiger partial charge is 0.319 e. The summed E-state index contributed by atoms with van der Waals surface area (Å²) >= 11 is 1.11. The molecule has 0 aliphatic heterocycles. The lowest BCUT2D eigenvalue weighted by Gasteiger charge is -2.15. The van der Waals surface area contributed by atoms with Crippen LogP contribution >= 0.6 is 11.3 Å². The Hall–Kier alpha value is -3.09. The molecule has 0 bridgehead atoms. The van der Waals surface area contributed by atoms with E-state index in [1.807, 2.05) is 0 Å². The third-order valence-electron chi connectivity index (χ3n) is 5.06. The van der Waals surface area contributed by atoms with Gasteiger partial charge in [-0.25, -0.2) is 28.2 Å². The number of nitrogens with one attached hydrogen (secondary N) is 2. The summed E-state index contributed by atoms with van der Waals surface area (Å²) in [4.78, 5) is 24.7. The van der Waals surface area contributed by atoms with Crippen LogP contribution in [0.3, 0.4) is 0 Å². The summed E-state index contributed by atoms with van der Waals surface area (Å²) in [6, 6.07) is 7.82. The molecule has 10 nitrogen and oxygen atoms in total. The molecule has 1 aliphatic rings. The van der Waals surface area contributed by atoms with Crippen LogP contribution in [0.2, 0.25) is 0 Å². The summed E-state index contributed by atoms with van der Waals surface area (Å²) < 4.78 is 25.5. The van der Waals surface area contributed by atoms with Gasteiger partial charge in [-0.3, -0.25) is 0 Å². The number of anilines is 2. The molecule has 4 rings (SSSR count). The minimum atomic E-state index is -3.71. The van der Waals surface area contributed by atoms with Gasteiger partial charge in [-0.2, -0.15) is 0 Å². The summed E-state index contributed by atoms with van der Waals surface area (Å²) in [5, 5.41) is 15.6. The van der Waals surface area contributed by atoms with Gasteiger partial charge in [0.2, 0.25) is 14.2 Å². The van der Waals surface area contributed by atoms with Crippen molar-refractivity contribution < 1.29 is 18.3 Å². The first-order valence-electron chi connectivity index (χ1n) is 9.83. The molecule has 0 atom stereocenters. The first kappa shape index (κ1) is 22.1. The lowest BCUT2D eigenvalue weighted by atomic mass is 10.1. The number of aliphatic hydroxyl groups excluding tert-OH is 1. The zero-order chi connectivity index (χ0) is 22.9. The number of benzene rings is 1. The molecular weight excluding hydrogens is 452 g/mol. The molecule has 5 N–H and O–H groups in total. The molecule has 2 amide bonds. The fraction of sp³-hybridized carbons (Fsp3) is 0.300. The molecule has 12 heteroatoms. The average molecular weight is 475 g/mol. The van der Waals surface area contributed by atoms with Gasteiger partial charge in [0.15, 0.2) is 5.82 Å². The van der Waals surface area contributed by atoms with E-state index in [2.05, 4.69) is 25.6 Å². The average Bonchev–Trinajstić information content (AvgIpc) is 3.48. The van der Waals surface area contributed by atoms with Crippen molar-refractivity contribution in [1.82, 2.24) is 20.3 Å². The molecule has 0 unspecified atom stereocenters. The van der Waals surface area contributed by atoms with Gasteiger partial charge in [0.1, 0.15) is 10.6 Å². The Bertz CT molecular complexity index is 1250. The number of aromatic nitrogens is 3. The highest BCUT2D eigenvalue weighted by Crippen LogP contribution is 2.55. The monoisotopic (exact) mass is 474 g/mol. The number of aryl methyl sites for hydroxylation is 1. The van der Waals surface area contributed by atoms with Crippen LogP contribution in [0.1, 0.15) is 24.2 Å². The Balaban J connectivity index is 1.62. The molecule has 1 aromatic carbocycles. The van der Waals surface area contributed by atoms with Crippen LogP contribution in [0.15, 0.2) is 40.1 Å². The van der Waals surface area contributed by atoms with Crippen molar-refractivity contribution in [3.63, 3.8) is 0 Å². The van der Waals surface area contributed by atoms with Crippen molar-refractivity contribution in [2.75, 3.05) is 24.2 Å². The van der Waals surface area contributed by atoms with Crippen molar-refractivity contribution in [3.8, 4) is 11.4 Å². The van der Waals surface area contributed by atoms with E-state index in [1.54, 1.807) is 36.6 Å². The van der Waals surface area contributed by atoms with Gasteiger partial charge in [0, 0.05) is 34.9 Å². The topological polar surface area (TPSA) is 160 Å². The zero-order valence-electron chi connectivity index (χ0n) is 17.2. The van der Waals surface area contributed by atoms with Crippen molar-refractivity contribution >= 4 is 38.7 Å². The third-order valence-corrected chi connectivity index (χ3v) is 8.95. The second kappa shape index (κ2) is 8.45. The number of nitrogen functional groups attached to an aromatic ring is 1. The maximum absolute atomic E-state index is 13.3. The molecule has 0 radical (unpaired) electrons. The van der Waals surface area contributed by atoms with Crippen molar-refractivity contribution in [2.45, 2.75) is 28.9 Å². The Morgan fingerprint density at radius 1 is 1.22 bits per heavy atom. The Kier molecular flexibility index (Phi) is 5.84. The molecule has 0 spiro atoms. The SMILES string of the molecule is Cc1csc(S(=O)(=O)C2(c3cc(N)nc(-c4ccc(NC(=O)NCCO)cc4)n3)CC2)n1. The summed E-state index contributed by atoms with van der Waals surface area (Å²) in [6.45, 7) is 1.75. The summed E-state index contributed by atoms with van der Waals surface area (Å²) in [5.74, 6) is 0.473. The van der Waals surface area contributed by atoms with Gasteiger partial charge in [0.05, 0.1) is 12.3 Å². The van der Waals surface area contributed by atoms with Gasteiger partial charge >= 0.3 is 6.03 Å². The number of nitrogens with zero attached hydrogens (tertiary/aromatic N) is 3. The van der Waals surface area contributed by atoms with E-state index in [-0.39, 0.29) is 23.3 Å². The van der Waals surface area contributed by atoms with E-state index >= 15 is 0 Å². The normalized spacial score (nSPS) is 14.7. The maximum Gasteiger partial charge on any atom is 0.319 e. The lowest BCUT2D eigenvalue weighted by molar-refractivity contribution is 0.245. The number of carbonyl (C=O) groups excluding carboxylic acids is 1. The lowest BCUT2D eigenvalue weighted by Crippen LogP contribution is -2.30. The highest BCUT2D eigenvalue weighted by atomic mass is 32.2. The number of hydrogen-bond donors (Lipinski definition) is 4. The minimum Gasteiger partial charge on any atom is -0.395 e. The van der Waals surface area contributed by atoms with Gasteiger partial charge in [-0.15, -0.1) is 11.3 Å². The van der Waals surface area contributed by atoms with E-state index < -0.39 is 20.6 Å². The fourth-order valence-electron chi connectivity index (χ4n) is 3.27. The second-order valence-corrected chi connectivity index (χ2v) is 10.7. The number of rotatable bonds is 7. The predicted octanol–water partition coefficient (Wildman–Crippen LogP) is 2.07. The quantitative estimate of drug-likeness (QED) is 0.405. The number of nitrogens with two attached hydrogens (primary N) is 1. The number of carbonyl (C=O) groups is 1. The largest absolute Gasteiger partial charge is 0.395 e. The highest BCUT2D eigenvalue weighted by molar-refractivity contribution is 7.94. The van der Waals surface area contributed by atoms with Crippen molar-refractivity contribution in [3.05, 3.63) is 47.1 Å². The number of urea groups is 1. The highest BCUT2D eigenvalue weighted by Gasteiger charge is 2.59. The maximum atomic E-state index is 13.3. The van der Waals surface area contributed by atoms with E-state index in [0.717, 1.165) is 11.3 Å². The number of sulfone groups is 1. The van der Waals surface area contributed by atoms with Crippen LogP contribution in [0, 0.1) is 6.92 Å². The standard InChI is InChI=1S/C20H22N6O4S2/c1-12-11-31-19(23-12)32(29,30)20(6-7-20)15-10-16(21)26-17(25-15)13-2-4-14(5-3-13)24-18(28)22-8-9-27/h2-5,10-11,27H,6-9H2,1H3,(H2,21,25,26)(H2,22,24,28). The molecule has 2 aromatic heterocycles. The van der Waals surface area contributed by atoms with Crippen LogP contribution in [-0.2, 0) is 14.6 Å². The van der Waals surface area contributed by atoms with Crippen LogP contribution in [0.5, 0.6) is 0 Å². The van der Waals surface area contributed by atoms with Gasteiger partial charge in [-0.05, 0) is 44.0 Å². The molecule has 1 fully saturated rings. The Morgan fingerprint density at radius 3 is 2.53 bits per heavy atom. The molecule has 168 valence electrons. The molecular formula is C20H22N6O4S2. The van der Waals surface area contributed by atoms with Gasteiger partial charge < -0.3 is 21.5 Å². The van der Waals surface area contributed by atoms with E-state index in [4.69, 9.17) is 10.8 Å². The Labute approximate surface area is 188 Å². The first-order valence-corrected chi connectivity index (χ1v) is 12.2. The number of thiazole rings is 1. The number of aliphatic hydroxyl groups is 1.